The Morgan fingerprint density at radius 2 is 1.59 bits per heavy atom. The zero-order valence-electron chi connectivity index (χ0n) is 19.6. The summed E-state index contributed by atoms with van der Waals surface area (Å²) in [7, 11) is -3.72. The Kier molecular flexibility index (Phi) is 8.44. The molecule has 0 bridgehead atoms. The highest BCUT2D eigenvalue weighted by Gasteiger charge is 2.30. The van der Waals surface area contributed by atoms with E-state index in [9.17, 15) is 18.0 Å². The number of benzene rings is 2. The molecule has 0 heterocycles. The van der Waals surface area contributed by atoms with Crippen molar-refractivity contribution in [2.45, 2.75) is 53.2 Å². The number of carbonyl (C=O) groups excluding carboxylic acids is 2. The minimum absolute atomic E-state index is 0.0823. The molecule has 2 aromatic carbocycles. The predicted octanol–water partition coefficient (Wildman–Crippen LogP) is 3.01. The number of rotatable bonds is 9. The van der Waals surface area contributed by atoms with E-state index >= 15 is 0 Å². The number of sulfonamides is 1. The number of aryl methyl sites for hydroxylation is 2. The lowest BCUT2D eigenvalue weighted by Gasteiger charge is -2.32. The largest absolute Gasteiger partial charge is 0.352 e. The maximum absolute atomic E-state index is 13.4. The number of hydrogen-bond acceptors (Lipinski definition) is 4. The van der Waals surface area contributed by atoms with Gasteiger partial charge in [0.25, 0.3) is 0 Å². The van der Waals surface area contributed by atoms with Crippen molar-refractivity contribution in [2.75, 3.05) is 17.1 Å². The van der Waals surface area contributed by atoms with Gasteiger partial charge in [-0.2, -0.15) is 0 Å². The number of anilines is 1. The Morgan fingerprint density at radius 1 is 0.969 bits per heavy atom. The Morgan fingerprint density at radius 3 is 2.12 bits per heavy atom. The highest BCUT2D eigenvalue weighted by molar-refractivity contribution is 7.92. The van der Waals surface area contributed by atoms with E-state index in [0.717, 1.165) is 27.3 Å². The van der Waals surface area contributed by atoms with Crippen LogP contribution in [0.3, 0.4) is 0 Å². The standard InChI is InChI=1S/C24H33N3O4S/c1-17(2)25-24(29)20(5)26(15-21-12-10-18(3)11-13-21)23(28)16-27(32(6,30)31)22-9-7-8-19(4)14-22/h7-14,17,20H,15-16H2,1-6H3,(H,25,29)/t20-/m1/s1. The molecule has 1 N–H and O–H groups in total. The SMILES string of the molecule is Cc1ccc(CN(C(=O)CN(c2cccc(C)c2)S(C)(=O)=O)[C@H](C)C(=O)NC(C)C)cc1. The molecule has 7 nitrogen and oxygen atoms in total. The lowest BCUT2D eigenvalue weighted by atomic mass is 10.1. The molecule has 0 fully saturated rings. The van der Waals surface area contributed by atoms with E-state index < -0.39 is 28.5 Å². The van der Waals surface area contributed by atoms with Gasteiger partial charge in [0.2, 0.25) is 21.8 Å². The molecule has 0 saturated heterocycles. The van der Waals surface area contributed by atoms with Gasteiger partial charge in [0, 0.05) is 12.6 Å². The third-order valence-corrected chi connectivity index (χ3v) is 6.18. The van der Waals surface area contributed by atoms with Crippen LogP contribution in [0.5, 0.6) is 0 Å². The molecule has 0 spiro atoms. The highest BCUT2D eigenvalue weighted by atomic mass is 32.2. The molecule has 2 rings (SSSR count). The molecule has 0 aliphatic rings. The molecular formula is C24H33N3O4S. The number of nitrogens with one attached hydrogen (secondary N) is 1. The van der Waals surface area contributed by atoms with E-state index in [2.05, 4.69) is 5.32 Å². The van der Waals surface area contributed by atoms with Crippen molar-refractivity contribution >= 4 is 27.5 Å². The summed E-state index contributed by atoms with van der Waals surface area (Å²) in [5.41, 5.74) is 3.23. The first-order valence-corrected chi connectivity index (χ1v) is 12.4. The van der Waals surface area contributed by atoms with Crippen molar-refractivity contribution in [3.05, 3.63) is 65.2 Å². The summed E-state index contributed by atoms with van der Waals surface area (Å²) >= 11 is 0. The van der Waals surface area contributed by atoms with Gasteiger partial charge in [0.1, 0.15) is 12.6 Å². The van der Waals surface area contributed by atoms with Crippen LogP contribution in [0, 0.1) is 13.8 Å². The topological polar surface area (TPSA) is 86.8 Å². The van der Waals surface area contributed by atoms with Crippen LogP contribution in [0.4, 0.5) is 5.69 Å². The van der Waals surface area contributed by atoms with Gasteiger partial charge in [0.15, 0.2) is 0 Å². The molecule has 1 atom stereocenters. The molecule has 0 aliphatic heterocycles. The van der Waals surface area contributed by atoms with Crippen LogP contribution in [0.1, 0.15) is 37.5 Å². The van der Waals surface area contributed by atoms with Crippen molar-refractivity contribution in [2.24, 2.45) is 0 Å². The maximum Gasteiger partial charge on any atom is 0.244 e. The summed E-state index contributed by atoms with van der Waals surface area (Å²) in [6, 6.07) is 13.8. The van der Waals surface area contributed by atoms with Gasteiger partial charge in [-0.05, 0) is 57.9 Å². The Hall–Kier alpha value is -2.87. The molecule has 0 saturated carbocycles. The summed E-state index contributed by atoms with van der Waals surface area (Å²) in [6.45, 7) is 8.97. The fourth-order valence-electron chi connectivity index (χ4n) is 3.27. The summed E-state index contributed by atoms with van der Waals surface area (Å²) in [6.07, 6.45) is 1.07. The average Bonchev–Trinajstić information content (AvgIpc) is 2.69. The lowest BCUT2D eigenvalue weighted by Crippen LogP contribution is -2.52. The number of carbonyl (C=O) groups is 2. The second-order valence-electron chi connectivity index (χ2n) is 8.46. The second kappa shape index (κ2) is 10.6. The zero-order valence-corrected chi connectivity index (χ0v) is 20.4. The van der Waals surface area contributed by atoms with E-state index in [0.29, 0.717) is 5.69 Å². The molecule has 32 heavy (non-hydrogen) atoms. The van der Waals surface area contributed by atoms with Crippen molar-refractivity contribution in [3.8, 4) is 0 Å². The predicted molar refractivity (Wildman–Crippen MR) is 128 cm³/mol. The molecule has 174 valence electrons. The summed E-state index contributed by atoms with van der Waals surface area (Å²) in [5, 5.41) is 2.83. The molecule has 2 aromatic rings. The minimum Gasteiger partial charge on any atom is -0.352 e. The molecule has 0 unspecified atom stereocenters. The molecule has 0 radical (unpaired) electrons. The van der Waals surface area contributed by atoms with E-state index in [1.807, 2.05) is 58.0 Å². The van der Waals surface area contributed by atoms with E-state index in [1.165, 1.54) is 4.90 Å². The fourth-order valence-corrected chi connectivity index (χ4v) is 4.12. The van der Waals surface area contributed by atoms with E-state index in [4.69, 9.17) is 0 Å². The highest BCUT2D eigenvalue weighted by Crippen LogP contribution is 2.20. The van der Waals surface area contributed by atoms with Crippen molar-refractivity contribution in [1.82, 2.24) is 10.2 Å². The van der Waals surface area contributed by atoms with Crippen LogP contribution in [0.2, 0.25) is 0 Å². The van der Waals surface area contributed by atoms with Gasteiger partial charge in [-0.15, -0.1) is 0 Å². The maximum atomic E-state index is 13.4. The van der Waals surface area contributed by atoms with E-state index in [1.54, 1.807) is 25.1 Å². The summed E-state index contributed by atoms with van der Waals surface area (Å²) in [4.78, 5) is 27.5. The monoisotopic (exact) mass is 459 g/mol. The minimum atomic E-state index is -3.72. The smallest absolute Gasteiger partial charge is 0.244 e. The molecule has 0 aromatic heterocycles. The van der Waals surface area contributed by atoms with Crippen LogP contribution < -0.4 is 9.62 Å². The van der Waals surface area contributed by atoms with Crippen LogP contribution in [-0.4, -0.2) is 50.0 Å². The summed E-state index contributed by atoms with van der Waals surface area (Å²) in [5.74, 6) is -0.745. The van der Waals surface area contributed by atoms with Gasteiger partial charge in [-0.1, -0.05) is 42.0 Å². The van der Waals surface area contributed by atoms with E-state index in [-0.39, 0.29) is 18.5 Å². The number of nitrogens with zero attached hydrogens (tertiary/aromatic N) is 2. The quantitative estimate of drug-likeness (QED) is 0.625. The summed E-state index contributed by atoms with van der Waals surface area (Å²) < 4.78 is 26.1. The average molecular weight is 460 g/mol. The number of hydrogen-bond donors (Lipinski definition) is 1. The van der Waals surface area contributed by atoms with Gasteiger partial charge < -0.3 is 10.2 Å². The Bertz CT molecular complexity index is 1050. The van der Waals surface area contributed by atoms with Crippen LogP contribution in [-0.2, 0) is 26.2 Å². The van der Waals surface area contributed by atoms with Gasteiger partial charge in [-0.25, -0.2) is 8.42 Å². The second-order valence-corrected chi connectivity index (χ2v) is 10.4. The molecular weight excluding hydrogens is 426 g/mol. The third-order valence-electron chi connectivity index (χ3n) is 5.04. The Balaban J connectivity index is 2.38. The Labute approximate surface area is 191 Å². The van der Waals surface area contributed by atoms with Gasteiger partial charge >= 0.3 is 0 Å². The normalized spacial score (nSPS) is 12.3. The van der Waals surface area contributed by atoms with Crippen molar-refractivity contribution in [1.29, 1.82) is 0 Å². The third kappa shape index (κ3) is 7.09. The zero-order chi connectivity index (χ0) is 24.1. The van der Waals surface area contributed by atoms with Crippen molar-refractivity contribution in [3.63, 3.8) is 0 Å². The van der Waals surface area contributed by atoms with Gasteiger partial charge in [-0.3, -0.25) is 13.9 Å². The molecule has 2 amide bonds. The molecule has 0 aliphatic carbocycles. The van der Waals surface area contributed by atoms with Gasteiger partial charge in [0.05, 0.1) is 11.9 Å². The fraction of sp³-hybridized carbons (Fsp3) is 0.417. The number of amides is 2. The first kappa shape index (κ1) is 25.4. The van der Waals surface area contributed by atoms with Crippen molar-refractivity contribution < 1.29 is 18.0 Å². The molecule has 8 heteroatoms. The van der Waals surface area contributed by atoms with Crippen LogP contribution in [0.15, 0.2) is 48.5 Å². The first-order valence-electron chi connectivity index (χ1n) is 10.6. The first-order chi connectivity index (χ1) is 14.9. The lowest BCUT2D eigenvalue weighted by molar-refractivity contribution is -0.139. The van der Waals surface area contributed by atoms with Crippen LogP contribution in [0.25, 0.3) is 0 Å². The van der Waals surface area contributed by atoms with Crippen LogP contribution >= 0.6 is 0 Å².